The van der Waals surface area contributed by atoms with Gasteiger partial charge in [0.05, 0.1) is 6.04 Å². The molecule has 0 heterocycles. The summed E-state index contributed by atoms with van der Waals surface area (Å²) < 4.78 is 0. The van der Waals surface area contributed by atoms with Crippen molar-refractivity contribution in [1.29, 1.82) is 0 Å². The lowest BCUT2D eigenvalue weighted by molar-refractivity contribution is -0.119. The van der Waals surface area contributed by atoms with Gasteiger partial charge in [-0.1, -0.05) is 37.3 Å². The predicted octanol–water partition coefficient (Wildman–Crippen LogP) is 2.49. The van der Waals surface area contributed by atoms with Crippen molar-refractivity contribution in [3.8, 4) is 0 Å². The molecule has 1 rings (SSSR count). The molecule has 0 aromatic heterocycles. The fourth-order valence-corrected chi connectivity index (χ4v) is 1.42. The third kappa shape index (κ3) is 3.04. The molecule has 14 heavy (non-hydrogen) atoms. The summed E-state index contributed by atoms with van der Waals surface area (Å²) in [5.41, 5.74) is 1.12. The van der Waals surface area contributed by atoms with E-state index in [-0.39, 0.29) is 17.8 Å². The summed E-state index contributed by atoms with van der Waals surface area (Å²) in [6, 6.07) is 9.96. The number of amides is 1. The van der Waals surface area contributed by atoms with Gasteiger partial charge in [0, 0.05) is 0 Å². The molecule has 1 N–H and O–H groups in total. The smallest absolute Gasteiger partial charge is 0.235 e. The van der Waals surface area contributed by atoms with E-state index in [0.29, 0.717) is 0 Å². The van der Waals surface area contributed by atoms with Crippen molar-refractivity contribution in [3.05, 3.63) is 35.9 Å². The SMILES string of the molecule is CC[C@H](NC(=O)CCl)c1ccccc1. The number of nitrogens with one attached hydrogen (secondary N) is 1. The summed E-state index contributed by atoms with van der Waals surface area (Å²) in [4.78, 5) is 11.1. The molecular weight excluding hydrogens is 198 g/mol. The van der Waals surface area contributed by atoms with Gasteiger partial charge < -0.3 is 5.32 Å². The molecule has 1 aromatic rings. The van der Waals surface area contributed by atoms with E-state index in [1.807, 2.05) is 37.3 Å². The van der Waals surface area contributed by atoms with Gasteiger partial charge in [-0.15, -0.1) is 11.6 Å². The minimum atomic E-state index is -0.123. The van der Waals surface area contributed by atoms with Gasteiger partial charge in [-0.25, -0.2) is 0 Å². The number of hydrogen-bond donors (Lipinski definition) is 1. The summed E-state index contributed by atoms with van der Waals surface area (Å²) in [6.07, 6.45) is 0.868. The normalized spacial score (nSPS) is 12.1. The average Bonchev–Trinajstić information content (AvgIpc) is 2.26. The van der Waals surface area contributed by atoms with Crippen LogP contribution in [0.3, 0.4) is 0 Å². The van der Waals surface area contributed by atoms with E-state index in [1.165, 1.54) is 0 Å². The second-order valence-electron chi connectivity index (χ2n) is 3.07. The van der Waals surface area contributed by atoms with Gasteiger partial charge in [0.15, 0.2) is 0 Å². The van der Waals surface area contributed by atoms with Crippen LogP contribution in [0.2, 0.25) is 0 Å². The standard InChI is InChI=1S/C11H14ClNO/c1-2-10(13-11(14)8-12)9-6-4-3-5-7-9/h3-7,10H,2,8H2,1H3,(H,13,14)/t10-/m0/s1. The van der Waals surface area contributed by atoms with Crippen molar-refractivity contribution in [2.45, 2.75) is 19.4 Å². The van der Waals surface area contributed by atoms with Crippen molar-refractivity contribution in [3.63, 3.8) is 0 Å². The molecule has 0 aliphatic carbocycles. The molecule has 0 aliphatic rings. The first-order valence-electron chi connectivity index (χ1n) is 4.68. The van der Waals surface area contributed by atoms with Crippen LogP contribution in [0, 0.1) is 0 Å². The molecule has 3 heteroatoms. The van der Waals surface area contributed by atoms with E-state index in [1.54, 1.807) is 0 Å². The van der Waals surface area contributed by atoms with E-state index < -0.39 is 0 Å². The van der Waals surface area contributed by atoms with E-state index in [4.69, 9.17) is 11.6 Å². The Morgan fingerprint density at radius 3 is 2.57 bits per heavy atom. The molecular formula is C11H14ClNO. The third-order valence-corrected chi connectivity index (χ3v) is 2.31. The van der Waals surface area contributed by atoms with Gasteiger partial charge in [0.1, 0.15) is 5.88 Å². The second kappa shape index (κ2) is 5.66. The number of halogens is 1. The molecule has 0 bridgehead atoms. The summed E-state index contributed by atoms with van der Waals surface area (Å²) in [5, 5.41) is 2.86. The topological polar surface area (TPSA) is 29.1 Å². The maximum atomic E-state index is 11.1. The third-order valence-electron chi connectivity index (χ3n) is 2.07. The van der Waals surface area contributed by atoms with Crippen LogP contribution in [0.25, 0.3) is 0 Å². The quantitative estimate of drug-likeness (QED) is 0.762. The monoisotopic (exact) mass is 211 g/mol. The maximum absolute atomic E-state index is 11.1. The number of alkyl halides is 1. The van der Waals surface area contributed by atoms with Crippen LogP contribution in [0.15, 0.2) is 30.3 Å². The Balaban J connectivity index is 2.68. The molecule has 76 valence electrons. The minimum absolute atomic E-state index is 0.0172. The Morgan fingerprint density at radius 2 is 2.07 bits per heavy atom. The van der Waals surface area contributed by atoms with Gasteiger partial charge in [-0.3, -0.25) is 4.79 Å². The minimum Gasteiger partial charge on any atom is -0.348 e. The van der Waals surface area contributed by atoms with Crippen molar-refractivity contribution < 1.29 is 4.79 Å². The van der Waals surface area contributed by atoms with Crippen LogP contribution >= 0.6 is 11.6 Å². The highest BCUT2D eigenvalue weighted by molar-refractivity contribution is 6.27. The Morgan fingerprint density at radius 1 is 1.43 bits per heavy atom. The Kier molecular flexibility index (Phi) is 4.47. The van der Waals surface area contributed by atoms with E-state index in [0.717, 1.165) is 12.0 Å². The summed E-state index contributed by atoms with van der Waals surface area (Å²) in [5.74, 6) is -0.106. The molecule has 2 nitrogen and oxygen atoms in total. The largest absolute Gasteiger partial charge is 0.348 e. The average molecular weight is 212 g/mol. The summed E-state index contributed by atoms with van der Waals surface area (Å²) >= 11 is 5.43. The van der Waals surface area contributed by atoms with Gasteiger partial charge in [0.25, 0.3) is 0 Å². The Hall–Kier alpha value is -1.02. The molecule has 1 atom stereocenters. The van der Waals surface area contributed by atoms with E-state index in [2.05, 4.69) is 5.32 Å². The highest BCUT2D eigenvalue weighted by atomic mass is 35.5. The Bertz CT molecular complexity index is 287. The predicted molar refractivity (Wildman–Crippen MR) is 58.3 cm³/mol. The lowest BCUT2D eigenvalue weighted by atomic mass is 10.0. The highest BCUT2D eigenvalue weighted by Gasteiger charge is 2.10. The van der Waals surface area contributed by atoms with Crippen molar-refractivity contribution in [1.82, 2.24) is 5.32 Å². The molecule has 0 radical (unpaired) electrons. The number of carbonyl (C=O) groups is 1. The lowest BCUT2D eigenvalue weighted by Crippen LogP contribution is -2.28. The van der Waals surface area contributed by atoms with Crippen LogP contribution in [0.5, 0.6) is 0 Å². The van der Waals surface area contributed by atoms with Crippen LogP contribution in [-0.4, -0.2) is 11.8 Å². The highest BCUT2D eigenvalue weighted by Crippen LogP contribution is 2.15. The molecule has 0 aliphatic heterocycles. The van der Waals surface area contributed by atoms with Crippen molar-refractivity contribution >= 4 is 17.5 Å². The van der Waals surface area contributed by atoms with Crippen LogP contribution in [0.1, 0.15) is 24.9 Å². The van der Waals surface area contributed by atoms with Gasteiger partial charge in [-0.05, 0) is 12.0 Å². The zero-order valence-electron chi connectivity index (χ0n) is 8.16. The molecule has 1 amide bonds. The molecule has 0 saturated carbocycles. The first kappa shape index (κ1) is 11.1. The van der Waals surface area contributed by atoms with E-state index in [9.17, 15) is 4.79 Å². The number of carbonyl (C=O) groups excluding carboxylic acids is 1. The number of benzene rings is 1. The first-order valence-corrected chi connectivity index (χ1v) is 5.21. The molecule has 0 fully saturated rings. The zero-order valence-corrected chi connectivity index (χ0v) is 8.92. The molecule has 0 unspecified atom stereocenters. The lowest BCUT2D eigenvalue weighted by Gasteiger charge is -2.16. The number of rotatable bonds is 4. The van der Waals surface area contributed by atoms with Crippen LogP contribution < -0.4 is 5.32 Å². The maximum Gasteiger partial charge on any atom is 0.235 e. The molecule has 1 aromatic carbocycles. The fraction of sp³-hybridized carbons (Fsp3) is 0.364. The second-order valence-corrected chi connectivity index (χ2v) is 3.34. The summed E-state index contributed by atoms with van der Waals surface area (Å²) in [7, 11) is 0. The fourth-order valence-electron chi connectivity index (χ4n) is 1.34. The van der Waals surface area contributed by atoms with Gasteiger partial charge in [-0.2, -0.15) is 0 Å². The Labute approximate surface area is 89.3 Å². The van der Waals surface area contributed by atoms with Crippen molar-refractivity contribution in [2.75, 3.05) is 5.88 Å². The molecule has 0 saturated heterocycles. The summed E-state index contributed by atoms with van der Waals surface area (Å²) in [6.45, 7) is 2.03. The van der Waals surface area contributed by atoms with Gasteiger partial charge in [0.2, 0.25) is 5.91 Å². The van der Waals surface area contributed by atoms with Crippen LogP contribution in [-0.2, 0) is 4.79 Å². The zero-order chi connectivity index (χ0) is 10.4. The van der Waals surface area contributed by atoms with Crippen LogP contribution in [0.4, 0.5) is 0 Å². The van der Waals surface area contributed by atoms with Gasteiger partial charge >= 0.3 is 0 Å². The van der Waals surface area contributed by atoms with E-state index >= 15 is 0 Å². The van der Waals surface area contributed by atoms with Crippen molar-refractivity contribution in [2.24, 2.45) is 0 Å². The number of hydrogen-bond acceptors (Lipinski definition) is 1. The first-order chi connectivity index (χ1) is 6.77. The molecule has 0 spiro atoms.